The number of rotatable bonds is 6. The molecule has 4 rings (SSSR count). The number of anilines is 1. The molecule has 1 heterocycles. The van der Waals surface area contributed by atoms with Crippen molar-refractivity contribution >= 4 is 11.6 Å². The lowest BCUT2D eigenvalue weighted by molar-refractivity contribution is -0.121. The topological polar surface area (TPSA) is 41.6 Å². The molecule has 4 heteroatoms. The summed E-state index contributed by atoms with van der Waals surface area (Å²) in [6.45, 7) is 7.19. The number of ether oxygens (including phenoxy) is 1. The van der Waals surface area contributed by atoms with E-state index in [2.05, 4.69) is 54.4 Å². The van der Waals surface area contributed by atoms with Crippen LogP contribution in [0.25, 0.3) is 11.1 Å². The molecule has 0 atom stereocenters. The van der Waals surface area contributed by atoms with E-state index >= 15 is 0 Å². The quantitative estimate of drug-likeness (QED) is 0.537. The van der Waals surface area contributed by atoms with Crippen LogP contribution in [0.5, 0.6) is 5.75 Å². The molecule has 32 heavy (non-hydrogen) atoms. The van der Waals surface area contributed by atoms with E-state index < -0.39 is 0 Å². The fourth-order valence-corrected chi connectivity index (χ4v) is 4.39. The SMILES string of the molecule is COc1cccc(-c2cccc(NC(=O)C3CCN(Cc4cc(C)ccc4C)CC3)c2)c1. The van der Waals surface area contributed by atoms with Crippen LogP contribution in [0.1, 0.15) is 29.5 Å². The average Bonchev–Trinajstić information content (AvgIpc) is 2.82. The van der Waals surface area contributed by atoms with E-state index in [0.717, 1.165) is 55.0 Å². The third-order valence-corrected chi connectivity index (χ3v) is 6.39. The van der Waals surface area contributed by atoms with Crippen LogP contribution >= 0.6 is 0 Å². The molecule has 0 aromatic heterocycles. The summed E-state index contributed by atoms with van der Waals surface area (Å²) < 4.78 is 5.34. The van der Waals surface area contributed by atoms with Gasteiger partial charge in [-0.1, -0.05) is 48.0 Å². The first kappa shape index (κ1) is 22.1. The molecule has 1 amide bonds. The van der Waals surface area contributed by atoms with Gasteiger partial charge in [-0.15, -0.1) is 0 Å². The van der Waals surface area contributed by atoms with Gasteiger partial charge in [0.1, 0.15) is 5.75 Å². The normalized spacial score (nSPS) is 14.8. The van der Waals surface area contributed by atoms with Crippen LogP contribution in [-0.4, -0.2) is 31.0 Å². The molecular weight excluding hydrogens is 396 g/mol. The Hall–Kier alpha value is -3.11. The molecule has 1 saturated heterocycles. The highest BCUT2D eigenvalue weighted by Gasteiger charge is 2.25. The Morgan fingerprint density at radius 3 is 2.44 bits per heavy atom. The number of benzene rings is 3. The maximum atomic E-state index is 12.9. The number of carbonyl (C=O) groups excluding carboxylic acids is 1. The van der Waals surface area contributed by atoms with Crippen molar-refractivity contribution in [3.05, 3.63) is 83.4 Å². The van der Waals surface area contributed by atoms with Crippen molar-refractivity contribution in [3.63, 3.8) is 0 Å². The van der Waals surface area contributed by atoms with Gasteiger partial charge in [0.2, 0.25) is 5.91 Å². The Balaban J connectivity index is 1.34. The highest BCUT2D eigenvalue weighted by Crippen LogP contribution is 2.27. The second-order valence-corrected chi connectivity index (χ2v) is 8.78. The van der Waals surface area contributed by atoms with Crippen LogP contribution in [0.15, 0.2) is 66.7 Å². The molecule has 0 radical (unpaired) electrons. The fraction of sp³-hybridized carbons (Fsp3) is 0.321. The molecule has 0 bridgehead atoms. The maximum absolute atomic E-state index is 12.9. The highest BCUT2D eigenvalue weighted by molar-refractivity contribution is 5.93. The Morgan fingerprint density at radius 1 is 0.969 bits per heavy atom. The Kier molecular flexibility index (Phi) is 6.91. The lowest BCUT2D eigenvalue weighted by Gasteiger charge is -2.31. The lowest BCUT2D eigenvalue weighted by atomic mass is 9.95. The van der Waals surface area contributed by atoms with E-state index in [1.54, 1.807) is 7.11 Å². The van der Waals surface area contributed by atoms with Crippen molar-refractivity contribution in [2.45, 2.75) is 33.2 Å². The molecule has 1 aliphatic heterocycles. The van der Waals surface area contributed by atoms with Gasteiger partial charge in [0.05, 0.1) is 7.11 Å². The Bertz CT molecular complexity index is 1080. The fourth-order valence-electron chi connectivity index (χ4n) is 4.39. The molecule has 1 fully saturated rings. The van der Waals surface area contributed by atoms with E-state index in [-0.39, 0.29) is 11.8 Å². The van der Waals surface area contributed by atoms with Crippen LogP contribution in [0, 0.1) is 19.8 Å². The highest BCUT2D eigenvalue weighted by atomic mass is 16.5. The van der Waals surface area contributed by atoms with E-state index in [0.29, 0.717) is 0 Å². The molecule has 0 saturated carbocycles. The Morgan fingerprint density at radius 2 is 1.69 bits per heavy atom. The van der Waals surface area contributed by atoms with Crippen LogP contribution in [-0.2, 0) is 11.3 Å². The number of methoxy groups -OCH3 is 1. The number of nitrogens with zero attached hydrogens (tertiary/aromatic N) is 1. The molecule has 1 aliphatic rings. The number of likely N-dealkylation sites (tertiary alicyclic amines) is 1. The van der Waals surface area contributed by atoms with Gasteiger partial charge >= 0.3 is 0 Å². The zero-order valence-electron chi connectivity index (χ0n) is 19.2. The van der Waals surface area contributed by atoms with E-state index in [1.165, 1.54) is 16.7 Å². The molecule has 0 spiro atoms. The van der Waals surface area contributed by atoms with Crippen molar-refractivity contribution in [2.24, 2.45) is 5.92 Å². The zero-order chi connectivity index (χ0) is 22.5. The molecule has 4 nitrogen and oxygen atoms in total. The summed E-state index contributed by atoms with van der Waals surface area (Å²) in [5.41, 5.74) is 7.00. The van der Waals surface area contributed by atoms with E-state index in [9.17, 15) is 4.79 Å². The minimum atomic E-state index is 0.0605. The van der Waals surface area contributed by atoms with Gasteiger partial charge in [-0.25, -0.2) is 0 Å². The van der Waals surface area contributed by atoms with Crippen molar-refractivity contribution in [3.8, 4) is 16.9 Å². The van der Waals surface area contributed by atoms with Gasteiger partial charge in [-0.2, -0.15) is 0 Å². The van der Waals surface area contributed by atoms with Crippen LogP contribution in [0.2, 0.25) is 0 Å². The lowest BCUT2D eigenvalue weighted by Crippen LogP contribution is -2.37. The first-order valence-corrected chi connectivity index (χ1v) is 11.4. The minimum Gasteiger partial charge on any atom is -0.497 e. The first-order valence-electron chi connectivity index (χ1n) is 11.4. The third-order valence-electron chi connectivity index (χ3n) is 6.39. The summed E-state index contributed by atoms with van der Waals surface area (Å²) in [7, 11) is 1.67. The standard InChI is InChI=1S/C28H32N2O2/c1-20-10-11-21(2)25(16-20)19-30-14-12-22(13-15-30)28(31)29-26-8-4-6-23(17-26)24-7-5-9-27(18-24)32-3/h4-11,16-18,22H,12-15,19H2,1-3H3,(H,29,31). The second-order valence-electron chi connectivity index (χ2n) is 8.78. The predicted molar refractivity (Wildman–Crippen MR) is 131 cm³/mol. The summed E-state index contributed by atoms with van der Waals surface area (Å²) in [6.07, 6.45) is 1.79. The van der Waals surface area contributed by atoms with Crippen molar-refractivity contribution in [1.29, 1.82) is 0 Å². The van der Waals surface area contributed by atoms with Gasteiger partial charge in [0.15, 0.2) is 0 Å². The van der Waals surface area contributed by atoms with Crippen LogP contribution in [0.3, 0.4) is 0 Å². The molecule has 3 aromatic carbocycles. The Labute approximate surface area is 191 Å². The number of amides is 1. The van der Waals surface area contributed by atoms with Crippen molar-refractivity contribution in [1.82, 2.24) is 4.90 Å². The number of piperidine rings is 1. The monoisotopic (exact) mass is 428 g/mol. The van der Waals surface area contributed by atoms with Gasteiger partial charge in [0, 0.05) is 18.2 Å². The van der Waals surface area contributed by atoms with E-state index in [1.807, 2.05) is 36.4 Å². The van der Waals surface area contributed by atoms with Gasteiger partial charge in [-0.3, -0.25) is 9.69 Å². The number of aryl methyl sites for hydroxylation is 2. The largest absolute Gasteiger partial charge is 0.497 e. The van der Waals surface area contributed by atoms with Crippen molar-refractivity contribution < 1.29 is 9.53 Å². The van der Waals surface area contributed by atoms with Crippen LogP contribution in [0.4, 0.5) is 5.69 Å². The molecule has 0 aliphatic carbocycles. The number of hydrogen-bond acceptors (Lipinski definition) is 3. The van der Waals surface area contributed by atoms with Crippen molar-refractivity contribution in [2.75, 3.05) is 25.5 Å². The third kappa shape index (κ3) is 5.38. The summed E-state index contributed by atoms with van der Waals surface area (Å²) in [5.74, 6) is 1.01. The zero-order valence-corrected chi connectivity index (χ0v) is 19.2. The van der Waals surface area contributed by atoms with E-state index in [4.69, 9.17) is 4.74 Å². The number of nitrogens with one attached hydrogen (secondary N) is 1. The summed E-state index contributed by atoms with van der Waals surface area (Å²) in [5, 5.41) is 3.14. The summed E-state index contributed by atoms with van der Waals surface area (Å²) >= 11 is 0. The summed E-state index contributed by atoms with van der Waals surface area (Å²) in [6, 6.07) is 22.6. The number of hydrogen-bond donors (Lipinski definition) is 1. The summed E-state index contributed by atoms with van der Waals surface area (Å²) in [4.78, 5) is 15.4. The smallest absolute Gasteiger partial charge is 0.227 e. The molecule has 0 unspecified atom stereocenters. The molecule has 1 N–H and O–H groups in total. The number of carbonyl (C=O) groups is 1. The average molecular weight is 429 g/mol. The molecular formula is C28H32N2O2. The van der Waals surface area contributed by atoms with Gasteiger partial charge in [0.25, 0.3) is 0 Å². The predicted octanol–water partition coefficient (Wildman–Crippen LogP) is 5.83. The minimum absolute atomic E-state index is 0.0605. The molecule has 166 valence electrons. The first-order chi connectivity index (χ1) is 15.5. The van der Waals surface area contributed by atoms with Gasteiger partial charge < -0.3 is 10.1 Å². The van der Waals surface area contributed by atoms with Crippen LogP contribution < -0.4 is 10.1 Å². The maximum Gasteiger partial charge on any atom is 0.227 e. The second kappa shape index (κ2) is 10.0. The van der Waals surface area contributed by atoms with Gasteiger partial charge in [-0.05, 0) is 86.3 Å². The molecule has 3 aromatic rings.